The van der Waals surface area contributed by atoms with Crippen LogP contribution in [0.5, 0.6) is 0 Å². The predicted octanol–water partition coefficient (Wildman–Crippen LogP) is 4.85. The van der Waals surface area contributed by atoms with Crippen LogP contribution in [0.2, 0.25) is 0 Å². The highest BCUT2D eigenvalue weighted by Crippen LogP contribution is 2.37. The van der Waals surface area contributed by atoms with Gasteiger partial charge in [0.05, 0.1) is 6.07 Å². The molecule has 0 spiro atoms. The van der Waals surface area contributed by atoms with E-state index >= 15 is 0 Å². The van der Waals surface area contributed by atoms with Gasteiger partial charge < -0.3 is 0 Å². The van der Waals surface area contributed by atoms with Gasteiger partial charge in [0, 0.05) is 29.8 Å². The lowest BCUT2D eigenvalue weighted by Gasteiger charge is -2.40. The minimum Gasteiger partial charge on any atom is -0.283 e. The number of likely N-dealkylation sites (tertiary alicyclic amines) is 1. The molecular formula is C27H30N3+. The molecule has 0 aliphatic carbocycles. The van der Waals surface area contributed by atoms with Gasteiger partial charge in [-0.2, -0.15) is 5.26 Å². The van der Waals surface area contributed by atoms with E-state index in [1.807, 2.05) is 6.07 Å². The Balaban J connectivity index is 1.54. The summed E-state index contributed by atoms with van der Waals surface area (Å²) in [6, 6.07) is 25.9. The number of aromatic nitrogens is 1. The van der Waals surface area contributed by atoms with Gasteiger partial charge in [-0.15, -0.1) is 0 Å². The van der Waals surface area contributed by atoms with Crippen LogP contribution in [0.1, 0.15) is 41.5 Å². The Kier molecular flexibility index (Phi) is 6.26. The van der Waals surface area contributed by atoms with Crippen molar-refractivity contribution >= 4 is 0 Å². The van der Waals surface area contributed by atoms with Crippen molar-refractivity contribution in [2.75, 3.05) is 6.54 Å². The normalized spacial score (nSPS) is 21.8. The number of hydrogen-bond acceptors (Lipinski definition) is 2. The standard InChI is InChI=1S/C27H30N3/c1-21-15-25(20-29(17-21)18-23-9-5-3-6-10-23)26-13-14-30(27(16-28)22(26)2)19-24-11-7-4-8-12-24/h3-12,15,17,20,22,26-27H,13-14,18-19H2,1-2H3/q+1/t22-,26+,27-/m0/s1. The molecule has 2 heterocycles. The van der Waals surface area contributed by atoms with Crippen molar-refractivity contribution in [3.05, 3.63) is 101 Å². The number of benzene rings is 2. The molecule has 2 aromatic carbocycles. The van der Waals surface area contributed by atoms with Crippen LogP contribution in [0.4, 0.5) is 0 Å². The van der Waals surface area contributed by atoms with Crippen LogP contribution in [-0.2, 0) is 13.1 Å². The lowest BCUT2D eigenvalue weighted by atomic mass is 9.77. The first-order valence-electron chi connectivity index (χ1n) is 10.9. The minimum absolute atomic E-state index is 0.0629. The van der Waals surface area contributed by atoms with E-state index in [4.69, 9.17) is 0 Å². The van der Waals surface area contributed by atoms with Gasteiger partial charge in [-0.25, -0.2) is 4.57 Å². The molecule has 1 fully saturated rings. The Hall–Kier alpha value is -2.96. The molecule has 0 amide bonds. The third-order valence-corrected chi connectivity index (χ3v) is 6.33. The summed E-state index contributed by atoms with van der Waals surface area (Å²) in [4.78, 5) is 2.35. The van der Waals surface area contributed by atoms with Crippen molar-refractivity contribution in [3.63, 3.8) is 0 Å². The molecule has 1 aliphatic rings. The van der Waals surface area contributed by atoms with Gasteiger partial charge in [-0.3, -0.25) is 4.90 Å². The Bertz CT molecular complexity index is 1010. The molecule has 1 aromatic heterocycles. The fourth-order valence-electron chi connectivity index (χ4n) is 4.84. The second-order valence-corrected chi connectivity index (χ2v) is 8.59. The number of hydrogen-bond donors (Lipinski definition) is 0. The van der Waals surface area contributed by atoms with Crippen molar-refractivity contribution in [2.45, 2.75) is 45.3 Å². The van der Waals surface area contributed by atoms with Gasteiger partial charge in [0.15, 0.2) is 18.9 Å². The third-order valence-electron chi connectivity index (χ3n) is 6.33. The van der Waals surface area contributed by atoms with Crippen LogP contribution in [0.15, 0.2) is 79.1 Å². The van der Waals surface area contributed by atoms with Crippen LogP contribution < -0.4 is 4.57 Å². The van der Waals surface area contributed by atoms with Gasteiger partial charge in [0.1, 0.15) is 6.04 Å². The van der Waals surface area contributed by atoms with E-state index in [2.05, 4.69) is 102 Å². The van der Waals surface area contributed by atoms with E-state index in [1.165, 1.54) is 22.3 Å². The average molecular weight is 397 g/mol. The zero-order chi connectivity index (χ0) is 20.9. The van der Waals surface area contributed by atoms with Gasteiger partial charge in [0.2, 0.25) is 0 Å². The van der Waals surface area contributed by atoms with Crippen molar-refractivity contribution < 1.29 is 4.57 Å². The summed E-state index contributed by atoms with van der Waals surface area (Å²) in [5, 5.41) is 9.98. The number of nitrogens with zero attached hydrogens (tertiary/aromatic N) is 3. The number of pyridine rings is 1. The van der Waals surface area contributed by atoms with Crippen LogP contribution in [-0.4, -0.2) is 17.5 Å². The molecule has 152 valence electrons. The van der Waals surface area contributed by atoms with E-state index in [0.717, 1.165) is 26.1 Å². The van der Waals surface area contributed by atoms with Gasteiger partial charge in [0.25, 0.3) is 0 Å². The second kappa shape index (κ2) is 9.24. The monoisotopic (exact) mass is 396 g/mol. The molecule has 3 aromatic rings. The molecule has 0 radical (unpaired) electrons. The highest BCUT2D eigenvalue weighted by atomic mass is 15.2. The SMILES string of the molecule is Cc1cc([C@@H]2CCN(Cc3ccccc3)[C@@H](C#N)[C@H]2C)c[n+](Cc2ccccc2)c1. The molecule has 30 heavy (non-hydrogen) atoms. The van der Waals surface area contributed by atoms with Crippen molar-refractivity contribution in [1.82, 2.24) is 4.90 Å². The Morgan fingerprint density at radius 2 is 1.67 bits per heavy atom. The number of rotatable bonds is 5. The Morgan fingerprint density at radius 1 is 1.00 bits per heavy atom. The lowest BCUT2D eigenvalue weighted by molar-refractivity contribution is -0.689. The molecule has 3 atom stereocenters. The zero-order valence-corrected chi connectivity index (χ0v) is 17.9. The van der Waals surface area contributed by atoms with Gasteiger partial charge >= 0.3 is 0 Å². The van der Waals surface area contributed by atoms with Crippen molar-refractivity contribution in [3.8, 4) is 6.07 Å². The molecule has 4 rings (SSSR count). The van der Waals surface area contributed by atoms with E-state index in [-0.39, 0.29) is 6.04 Å². The summed E-state index contributed by atoms with van der Waals surface area (Å²) < 4.78 is 2.30. The van der Waals surface area contributed by atoms with Crippen LogP contribution in [0.25, 0.3) is 0 Å². The van der Waals surface area contributed by atoms with Crippen LogP contribution >= 0.6 is 0 Å². The molecular weight excluding hydrogens is 366 g/mol. The minimum atomic E-state index is -0.0629. The van der Waals surface area contributed by atoms with Gasteiger partial charge in [-0.1, -0.05) is 67.6 Å². The summed E-state index contributed by atoms with van der Waals surface area (Å²) in [6.07, 6.45) is 5.59. The van der Waals surface area contributed by atoms with E-state index < -0.39 is 0 Å². The molecule has 0 N–H and O–H groups in total. The predicted molar refractivity (Wildman–Crippen MR) is 120 cm³/mol. The van der Waals surface area contributed by atoms with Crippen LogP contribution in [0, 0.1) is 24.2 Å². The summed E-state index contributed by atoms with van der Waals surface area (Å²) >= 11 is 0. The maximum atomic E-state index is 9.98. The summed E-state index contributed by atoms with van der Waals surface area (Å²) in [5.41, 5.74) is 5.22. The van der Waals surface area contributed by atoms with Crippen molar-refractivity contribution in [1.29, 1.82) is 5.26 Å². The first-order chi connectivity index (χ1) is 14.6. The maximum absolute atomic E-state index is 9.98. The molecule has 0 saturated carbocycles. The number of piperidine rings is 1. The summed E-state index contributed by atoms with van der Waals surface area (Å²) in [5.74, 6) is 0.697. The Morgan fingerprint density at radius 3 is 2.33 bits per heavy atom. The average Bonchev–Trinajstić information content (AvgIpc) is 2.75. The number of nitriles is 1. The third kappa shape index (κ3) is 4.61. The first kappa shape index (κ1) is 20.3. The highest BCUT2D eigenvalue weighted by Gasteiger charge is 2.37. The van der Waals surface area contributed by atoms with Gasteiger partial charge in [-0.05, 0) is 36.8 Å². The highest BCUT2D eigenvalue weighted by molar-refractivity contribution is 5.23. The van der Waals surface area contributed by atoms with Crippen molar-refractivity contribution in [2.24, 2.45) is 5.92 Å². The molecule has 0 bridgehead atoms. The fraction of sp³-hybridized carbons (Fsp3) is 0.333. The quantitative estimate of drug-likeness (QED) is 0.577. The van der Waals surface area contributed by atoms with E-state index in [1.54, 1.807) is 0 Å². The molecule has 3 nitrogen and oxygen atoms in total. The first-order valence-corrected chi connectivity index (χ1v) is 10.9. The second-order valence-electron chi connectivity index (χ2n) is 8.59. The summed E-state index contributed by atoms with van der Waals surface area (Å²) in [7, 11) is 0. The van der Waals surface area contributed by atoms with Crippen LogP contribution in [0.3, 0.4) is 0 Å². The Labute approximate surface area is 180 Å². The largest absolute Gasteiger partial charge is 0.283 e. The molecule has 1 aliphatic heterocycles. The van der Waals surface area contributed by atoms with E-state index in [0.29, 0.717) is 11.8 Å². The molecule has 1 saturated heterocycles. The number of aryl methyl sites for hydroxylation is 1. The lowest BCUT2D eigenvalue weighted by Crippen LogP contribution is -2.46. The zero-order valence-electron chi connectivity index (χ0n) is 17.9. The maximum Gasteiger partial charge on any atom is 0.173 e. The summed E-state index contributed by atoms with van der Waals surface area (Å²) in [6.45, 7) is 7.09. The molecule has 3 heteroatoms. The fourth-order valence-corrected chi connectivity index (χ4v) is 4.84. The van der Waals surface area contributed by atoms with E-state index in [9.17, 15) is 5.26 Å². The topological polar surface area (TPSA) is 30.9 Å². The molecule has 0 unspecified atom stereocenters. The smallest absolute Gasteiger partial charge is 0.173 e.